The Balaban J connectivity index is 1.80. The molecule has 1 aliphatic heterocycles. The maximum Gasteiger partial charge on any atom is 0.199 e. The van der Waals surface area contributed by atoms with Crippen molar-refractivity contribution in [2.24, 2.45) is 0 Å². The first kappa shape index (κ1) is 9.21. The van der Waals surface area contributed by atoms with Gasteiger partial charge in [0, 0.05) is 18.8 Å². The normalized spacial score (nSPS) is 20.4. The molecular weight excluding hydrogens is 178 g/mol. The van der Waals surface area contributed by atoms with E-state index in [0.29, 0.717) is 6.61 Å². The number of pyridine rings is 1. The number of rotatable bonds is 3. The minimum absolute atomic E-state index is 0.0970. The molecule has 14 heavy (non-hydrogen) atoms. The maximum atomic E-state index is 5.56. The molecule has 0 saturated heterocycles. The summed E-state index contributed by atoms with van der Waals surface area (Å²) in [6.07, 6.45) is 9.12. The molecule has 1 aromatic heterocycles. The van der Waals surface area contributed by atoms with Crippen LogP contribution in [0.1, 0.15) is 18.4 Å². The van der Waals surface area contributed by atoms with Gasteiger partial charge < -0.3 is 9.47 Å². The minimum atomic E-state index is -0.0970. The summed E-state index contributed by atoms with van der Waals surface area (Å²) in [7, 11) is 0. The van der Waals surface area contributed by atoms with Crippen LogP contribution < -0.4 is 0 Å². The molecule has 1 aliphatic rings. The first-order valence-corrected chi connectivity index (χ1v) is 4.76. The third-order valence-electron chi connectivity index (χ3n) is 2.05. The number of hydrogen-bond acceptors (Lipinski definition) is 3. The van der Waals surface area contributed by atoms with Crippen molar-refractivity contribution in [1.29, 1.82) is 0 Å². The molecule has 3 nitrogen and oxygen atoms in total. The Morgan fingerprint density at radius 1 is 1.57 bits per heavy atom. The molecule has 2 heterocycles. The lowest BCUT2D eigenvalue weighted by atomic mass is 10.2. The Labute approximate surface area is 83.4 Å². The summed E-state index contributed by atoms with van der Waals surface area (Å²) in [5.41, 5.74) is 1.07. The Morgan fingerprint density at radius 2 is 2.57 bits per heavy atom. The van der Waals surface area contributed by atoms with Gasteiger partial charge in [-0.2, -0.15) is 0 Å². The van der Waals surface area contributed by atoms with Crippen LogP contribution in [-0.4, -0.2) is 11.3 Å². The smallest absolute Gasteiger partial charge is 0.199 e. The topological polar surface area (TPSA) is 31.4 Å². The van der Waals surface area contributed by atoms with Gasteiger partial charge in [-0.05, 0) is 24.1 Å². The van der Waals surface area contributed by atoms with Crippen LogP contribution in [0, 0.1) is 0 Å². The summed E-state index contributed by atoms with van der Waals surface area (Å²) in [5.74, 6) is 0. The first-order valence-electron chi connectivity index (χ1n) is 4.76. The molecule has 0 radical (unpaired) electrons. The van der Waals surface area contributed by atoms with Gasteiger partial charge in [-0.25, -0.2) is 0 Å². The second kappa shape index (κ2) is 4.77. The van der Waals surface area contributed by atoms with Crippen molar-refractivity contribution in [2.45, 2.75) is 25.7 Å². The van der Waals surface area contributed by atoms with Crippen molar-refractivity contribution < 1.29 is 9.47 Å². The third-order valence-corrected chi connectivity index (χ3v) is 2.05. The largest absolute Gasteiger partial charge is 0.473 e. The SMILES string of the molecule is C1=COC(OCc2cccnc2)CC1. The van der Waals surface area contributed by atoms with Gasteiger partial charge in [-0.15, -0.1) is 0 Å². The average molecular weight is 191 g/mol. The molecule has 3 heteroatoms. The standard InChI is InChI=1S/C11H13NO2/c1-2-7-13-11(5-1)14-9-10-4-3-6-12-8-10/h2-4,6-8,11H,1,5,9H2. The van der Waals surface area contributed by atoms with Gasteiger partial charge in [0.15, 0.2) is 6.29 Å². The lowest BCUT2D eigenvalue weighted by Gasteiger charge is -2.19. The van der Waals surface area contributed by atoms with Gasteiger partial charge in [0.2, 0.25) is 0 Å². The fraction of sp³-hybridized carbons (Fsp3) is 0.364. The number of ether oxygens (including phenoxy) is 2. The minimum Gasteiger partial charge on any atom is -0.473 e. The van der Waals surface area contributed by atoms with Gasteiger partial charge in [0.1, 0.15) is 0 Å². The predicted molar refractivity (Wildman–Crippen MR) is 52.3 cm³/mol. The quantitative estimate of drug-likeness (QED) is 0.734. The van der Waals surface area contributed by atoms with E-state index < -0.39 is 0 Å². The highest BCUT2D eigenvalue weighted by Crippen LogP contribution is 2.13. The Bertz CT molecular complexity index is 297. The maximum absolute atomic E-state index is 5.56. The van der Waals surface area contributed by atoms with Crippen molar-refractivity contribution in [3.8, 4) is 0 Å². The van der Waals surface area contributed by atoms with Gasteiger partial charge >= 0.3 is 0 Å². The number of allylic oxidation sites excluding steroid dienone is 1. The molecule has 0 saturated carbocycles. The highest BCUT2D eigenvalue weighted by Gasteiger charge is 2.10. The van der Waals surface area contributed by atoms with E-state index in [1.54, 1.807) is 18.7 Å². The van der Waals surface area contributed by atoms with Crippen molar-refractivity contribution in [3.05, 3.63) is 42.4 Å². The molecule has 74 valence electrons. The summed E-state index contributed by atoms with van der Waals surface area (Å²) in [6.45, 7) is 0.562. The summed E-state index contributed by atoms with van der Waals surface area (Å²) in [4.78, 5) is 4.01. The zero-order valence-electron chi connectivity index (χ0n) is 7.93. The summed E-state index contributed by atoms with van der Waals surface area (Å²) in [5, 5.41) is 0. The monoisotopic (exact) mass is 191 g/mol. The predicted octanol–water partition coefficient (Wildman–Crippen LogP) is 2.25. The molecule has 0 bridgehead atoms. The van der Waals surface area contributed by atoms with Crippen molar-refractivity contribution in [3.63, 3.8) is 0 Å². The second-order valence-corrected chi connectivity index (χ2v) is 3.19. The summed E-state index contributed by atoms with van der Waals surface area (Å²) in [6, 6.07) is 3.89. The summed E-state index contributed by atoms with van der Waals surface area (Å²) < 4.78 is 10.8. The molecule has 1 atom stereocenters. The van der Waals surface area contributed by atoms with E-state index in [1.807, 2.05) is 18.2 Å². The van der Waals surface area contributed by atoms with Gasteiger partial charge in [0.05, 0.1) is 12.9 Å². The van der Waals surface area contributed by atoms with Gasteiger partial charge in [0.25, 0.3) is 0 Å². The third kappa shape index (κ3) is 2.57. The molecule has 1 unspecified atom stereocenters. The molecule has 0 aliphatic carbocycles. The van der Waals surface area contributed by atoms with Crippen molar-refractivity contribution in [2.75, 3.05) is 0 Å². The number of hydrogen-bond donors (Lipinski definition) is 0. The van der Waals surface area contributed by atoms with E-state index in [1.165, 1.54) is 0 Å². The first-order chi connectivity index (χ1) is 6.95. The van der Waals surface area contributed by atoms with Crippen LogP contribution >= 0.6 is 0 Å². The molecule has 0 fully saturated rings. The van der Waals surface area contributed by atoms with E-state index in [9.17, 15) is 0 Å². The van der Waals surface area contributed by atoms with Crippen LogP contribution in [0.4, 0.5) is 0 Å². The van der Waals surface area contributed by atoms with Crippen LogP contribution in [0.3, 0.4) is 0 Å². The van der Waals surface area contributed by atoms with E-state index >= 15 is 0 Å². The van der Waals surface area contributed by atoms with Gasteiger partial charge in [-0.1, -0.05) is 6.07 Å². The van der Waals surface area contributed by atoms with Crippen LogP contribution in [0.25, 0.3) is 0 Å². The van der Waals surface area contributed by atoms with E-state index in [-0.39, 0.29) is 6.29 Å². The van der Waals surface area contributed by atoms with Crippen LogP contribution in [0.5, 0.6) is 0 Å². The number of aromatic nitrogens is 1. The van der Waals surface area contributed by atoms with E-state index in [4.69, 9.17) is 9.47 Å². The molecule has 0 N–H and O–H groups in total. The second-order valence-electron chi connectivity index (χ2n) is 3.19. The Kier molecular flexibility index (Phi) is 3.14. The van der Waals surface area contributed by atoms with Crippen molar-refractivity contribution in [1.82, 2.24) is 4.98 Å². The Morgan fingerprint density at radius 3 is 3.29 bits per heavy atom. The van der Waals surface area contributed by atoms with Crippen LogP contribution in [0.15, 0.2) is 36.9 Å². The highest BCUT2D eigenvalue weighted by atomic mass is 16.7. The molecule has 1 aromatic rings. The molecule has 2 rings (SSSR count). The zero-order valence-corrected chi connectivity index (χ0v) is 7.93. The highest BCUT2D eigenvalue weighted by molar-refractivity contribution is 5.06. The molecular formula is C11H13NO2. The summed E-state index contributed by atoms with van der Waals surface area (Å²) >= 11 is 0. The fourth-order valence-electron chi connectivity index (χ4n) is 1.31. The molecule has 0 aromatic carbocycles. The molecule has 0 amide bonds. The lowest BCUT2D eigenvalue weighted by Crippen LogP contribution is -2.16. The van der Waals surface area contributed by atoms with Crippen LogP contribution in [0.2, 0.25) is 0 Å². The van der Waals surface area contributed by atoms with E-state index in [2.05, 4.69) is 4.98 Å². The van der Waals surface area contributed by atoms with Crippen LogP contribution in [-0.2, 0) is 16.1 Å². The van der Waals surface area contributed by atoms with Crippen molar-refractivity contribution >= 4 is 0 Å². The zero-order chi connectivity index (χ0) is 9.64. The fourth-order valence-corrected chi connectivity index (χ4v) is 1.31. The number of nitrogens with zero attached hydrogens (tertiary/aromatic N) is 1. The van der Waals surface area contributed by atoms with E-state index in [0.717, 1.165) is 18.4 Å². The lowest BCUT2D eigenvalue weighted by molar-refractivity contribution is -0.123. The average Bonchev–Trinajstić information content (AvgIpc) is 2.29. The molecule has 0 spiro atoms. The Hall–Kier alpha value is -1.35. The van der Waals surface area contributed by atoms with Gasteiger partial charge in [-0.3, -0.25) is 4.98 Å².